The highest BCUT2D eigenvalue weighted by molar-refractivity contribution is 6.09. The maximum Gasteiger partial charge on any atom is 0.265 e. The summed E-state index contributed by atoms with van der Waals surface area (Å²) in [7, 11) is 0. The van der Waals surface area contributed by atoms with Crippen molar-refractivity contribution >= 4 is 11.6 Å². The van der Waals surface area contributed by atoms with Gasteiger partial charge in [0, 0.05) is 6.54 Å². The second kappa shape index (κ2) is 5.09. The molecule has 0 unspecified atom stereocenters. The zero-order chi connectivity index (χ0) is 15.0. The first-order valence-corrected chi connectivity index (χ1v) is 6.70. The van der Waals surface area contributed by atoms with E-state index in [4.69, 9.17) is 0 Å². The molecule has 1 amide bonds. The van der Waals surface area contributed by atoms with Crippen LogP contribution in [0.5, 0.6) is 11.5 Å². The molecule has 1 aliphatic heterocycles. The van der Waals surface area contributed by atoms with Crippen molar-refractivity contribution in [3.05, 3.63) is 53.3 Å². The van der Waals surface area contributed by atoms with Crippen molar-refractivity contribution in [1.29, 1.82) is 0 Å². The molecule has 5 heteroatoms. The molecular weight excluding hydrogens is 273 g/mol. The Morgan fingerprint density at radius 3 is 2.57 bits per heavy atom. The van der Waals surface area contributed by atoms with Crippen LogP contribution in [0.15, 0.2) is 36.4 Å². The lowest BCUT2D eigenvalue weighted by atomic mass is 9.99. The van der Waals surface area contributed by atoms with Gasteiger partial charge >= 0.3 is 0 Å². The Kier molecular flexibility index (Phi) is 3.25. The van der Waals surface area contributed by atoms with Gasteiger partial charge in [-0.25, -0.2) is 4.39 Å². The molecule has 2 N–H and O–H groups in total. The van der Waals surface area contributed by atoms with Crippen molar-refractivity contribution in [2.45, 2.75) is 12.8 Å². The first-order valence-electron chi connectivity index (χ1n) is 6.70. The number of phenolic OH excluding ortho intramolecular Hbond substituents is 2. The molecular formula is C16H14FNO3. The number of hydrogen-bond donors (Lipinski definition) is 2. The van der Waals surface area contributed by atoms with Crippen molar-refractivity contribution in [3.63, 3.8) is 0 Å². The van der Waals surface area contributed by atoms with Crippen LogP contribution in [0.1, 0.15) is 22.3 Å². The van der Waals surface area contributed by atoms with E-state index in [2.05, 4.69) is 0 Å². The van der Waals surface area contributed by atoms with E-state index in [1.165, 1.54) is 23.1 Å². The van der Waals surface area contributed by atoms with Gasteiger partial charge in [0.15, 0.2) is 0 Å². The molecule has 0 spiro atoms. The lowest BCUT2D eigenvalue weighted by Crippen LogP contribution is -2.36. The number of nitrogens with zero attached hydrogens (tertiary/aromatic N) is 1. The van der Waals surface area contributed by atoms with Gasteiger partial charge in [-0.1, -0.05) is 18.2 Å². The molecule has 2 aromatic carbocycles. The fraction of sp³-hybridized carbons (Fsp3) is 0.188. The molecule has 0 aliphatic carbocycles. The molecule has 3 rings (SSSR count). The number of benzene rings is 2. The standard InChI is InChI=1S/C16H14FNO3/c17-11-6-2-7-12(19)14(11)16(21)18-9-3-5-10-4-1-8-13(20)15(10)18/h1-2,4,6-8,19-20H,3,5,9H2. The van der Waals surface area contributed by atoms with E-state index in [1.807, 2.05) is 6.07 Å². The molecule has 0 saturated heterocycles. The predicted molar refractivity (Wildman–Crippen MR) is 76.2 cm³/mol. The largest absolute Gasteiger partial charge is 0.507 e. The molecule has 1 heterocycles. The van der Waals surface area contributed by atoms with Gasteiger partial charge < -0.3 is 15.1 Å². The van der Waals surface area contributed by atoms with Crippen LogP contribution in [0.3, 0.4) is 0 Å². The topological polar surface area (TPSA) is 60.8 Å². The summed E-state index contributed by atoms with van der Waals surface area (Å²) in [4.78, 5) is 13.9. The van der Waals surface area contributed by atoms with Gasteiger partial charge in [-0.15, -0.1) is 0 Å². The summed E-state index contributed by atoms with van der Waals surface area (Å²) in [6.45, 7) is 0.372. The molecule has 0 bridgehead atoms. The number of aryl methyl sites for hydroxylation is 1. The fourth-order valence-electron chi connectivity index (χ4n) is 2.69. The number of hydrogen-bond acceptors (Lipinski definition) is 3. The van der Waals surface area contributed by atoms with Crippen molar-refractivity contribution in [2.24, 2.45) is 0 Å². The number of halogens is 1. The van der Waals surface area contributed by atoms with E-state index in [-0.39, 0.29) is 11.3 Å². The van der Waals surface area contributed by atoms with Crippen molar-refractivity contribution in [2.75, 3.05) is 11.4 Å². The minimum absolute atomic E-state index is 0.0172. The van der Waals surface area contributed by atoms with Crippen LogP contribution < -0.4 is 4.90 Å². The Hall–Kier alpha value is -2.56. The zero-order valence-corrected chi connectivity index (χ0v) is 11.2. The molecule has 0 atom stereocenters. The third-order valence-electron chi connectivity index (χ3n) is 3.65. The van der Waals surface area contributed by atoms with Gasteiger partial charge in [-0.3, -0.25) is 4.79 Å². The van der Waals surface area contributed by atoms with Gasteiger partial charge in [-0.05, 0) is 36.6 Å². The monoisotopic (exact) mass is 287 g/mol. The molecule has 0 aromatic heterocycles. The van der Waals surface area contributed by atoms with Crippen molar-refractivity contribution < 1.29 is 19.4 Å². The summed E-state index contributed by atoms with van der Waals surface area (Å²) >= 11 is 0. The summed E-state index contributed by atoms with van der Waals surface area (Å²) in [6.07, 6.45) is 1.47. The van der Waals surface area contributed by atoms with Gasteiger partial charge in [0.25, 0.3) is 5.91 Å². The van der Waals surface area contributed by atoms with Crippen molar-refractivity contribution in [3.8, 4) is 11.5 Å². The molecule has 2 aromatic rings. The molecule has 21 heavy (non-hydrogen) atoms. The quantitative estimate of drug-likeness (QED) is 0.848. The third-order valence-corrected chi connectivity index (χ3v) is 3.65. The van der Waals surface area contributed by atoms with Crippen molar-refractivity contribution in [1.82, 2.24) is 0 Å². The highest BCUT2D eigenvalue weighted by atomic mass is 19.1. The lowest BCUT2D eigenvalue weighted by Gasteiger charge is -2.30. The molecule has 108 valence electrons. The van der Waals surface area contributed by atoms with Crippen LogP contribution in [-0.2, 0) is 6.42 Å². The molecule has 0 saturated carbocycles. The average molecular weight is 287 g/mol. The van der Waals surface area contributed by atoms with Crippen LogP contribution in [-0.4, -0.2) is 22.7 Å². The summed E-state index contributed by atoms with van der Waals surface area (Å²) in [5.41, 5.74) is 0.871. The van der Waals surface area contributed by atoms with Gasteiger partial charge in [0.05, 0.1) is 5.69 Å². The number of fused-ring (bicyclic) bond motifs is 1. The Balaban J connectivity index is 2.09. The van der Waals surface area contributed by atoms with E-state index in [1.54, 1.807) is 6.07 Å². The van der Waals surface area contributed by atoms with Crippen LogP contribution in [0.2, 0.25) is 0 Å². The number of carbonyl (C=O) groups is 1. The van der Waals surface area contributed by atoms with Crippen LogP contribution >= 0.6 is 0 Å². The van der Waals surface area contributed by atoms with Gasteiger partial charge in [0.2, 0.25) is 0 Å². The van der Waals surface area contributed by atoms with Crippen LogP contribution in [0, 0.1) is 5.82 Å². The molecule has 0 fully saturated rings. The van der Waals surface area contributed by atoms with Gasteiger partial charge in [0.1, 0.15) is 22.9 Å². The molecule has 0 radical (unpaired) electrons. The first-order chi connectivity index (χ1) is 10.1. The number of rotatable bonds is 1. The lowest BCUT2D eigenvalue weighted by molar-refractivity contribution is 0.0977. The summed E-state index contributed by atoms with van der Waals surface area (Å²) < 4.78 is 13.9. The van der Waals surface area contributed by atoms with E-state index in [0.717, 1.165) is 24.5 Å². The number of amides is 1. The molecule has 4 nitrogen and oxygen atoms in total. The predicted octanol–water partition coefficient (Wildman–Crippen LogP) is 2.83. The van der Waals surface area contributed by atoms with Gasteiger partial charge in [-0.2, -0.15) is 0 Å². The third kappa shape index (κ3) is 2.20. The fourth-order valence-corrected chi connectivity index (χ4v) is 2.69. The number of anilines is 1. The van der Waals surface area contributed by atoms with E-state index >= 15 is 0 Å². The normalized spacial score (nSPS) is 13.9. The first kappa shape index (κ1) is 13.4. The van der Waals surface area contributed by atoms with Crippen LogP contribution in [0.25, 0.3) is 0 Å². The Morgan fingerprint density at radius 2 is 1.81 bits per heavy atom. The average Bonchev–Trinajstić information content (AvgIpc) is 2.46. The second-order valence-electron chi connectivity index (χ2n) is 4.98. The Labute approximate surface area is 121 Å². The highest BCUT2D eigenvalue weighted by Crippen LogP contribution is 2.37. The SMILES string of the molecule is O=C(c1c(O)cccc1F)N1CCCc2cccc(O)c21. The zero-order valence-electron chi connectivity index (χ0n) is 11.2. The number of para-hydroxylation sites is 1. The number of carbonyl (C=O) groups excluding carboxylic acids is 1. The minimum Gasteiger partial charge on any atom is -0.507 e. The maximum atomic E-state index is 13.9. The number of phenols is 2. The smallest absolute Gasteiger partial charge is 0.265 e. The maximum absolute atomic E-state index is 13.9. The summed E-state index contributed by atoms with van der Waals surface area (Å²) in [6, 6.07) is 8.77. The highest BCUT2D eigenvalue weighted by Gasteiger charge is 2.29. The van der Waals surface area contributed by atoms with E-state index in [9.17, 15) is 19.4 Å². The minimum atomic E-state index is -0.775. The summed E-state index contributed by atoms with van der Waals surface area (Å²) in [5, 5.41) is 19.8. The van der Waals surface area contributed by atoms with E-state index in [0.29, 0.717) is 12.2 Å². The summed E-state index contributed by atoms with van der Waals surface area (Å²) in [5.74, 6) is -1.84. The van der Waals surface area contributed by atoms with Crippen LogP contribution in [0.4, 0.5) is 10.1 Å². The Bertz CT molecular complexity index is 694. The molecule has 1 aliphatic rings. The number of aromatic hydroxyl groups is 2. The Morgan fingerprint density at radius 1 is 1.10 bits per heavy atom. The van der Waals surface area contributed by atoms with E-state index < -0.39 is 17.5 Å². The second-order valence-corrected chi connectivity index (χ2v) is 4.98.